The normalized spacial score (nSPS) is 15.5. The maximum absolute atomic E-state index is 13.1. The first-order chi connectivity index (χ1) is 14.7. The van der Waals surface area contributed by atoms with Gasteiger partial charge in [-0.1, -0.05) is 6.07 Å². The van der Waals surface area contributed by atoms with Crippen LogP contribution in [0.3, 0.4) is 0 Å². The number of hydrogen-bond donors (Lipinski definition) is 0. The molecule has 1 aliphatic heterocycles. The lowest BCUT2D eigenvalue weighted by Gasteiger charge is -2.35. The van der Waals surface area contributed by atoms with Crippen molar-refractivity contribution in [1.82, 2.24) is 23.8 Å². The van der Waals surface area contributed by atoms with Gasteiger partial charge >= 0.3 is 0 Å². The van der Waals surface area contributed by atoms with Crippen molar-refractivity contribution in [3.63, 3.8) is 0 Å². The number of piperazine rings is 1. The summed E-state index contributed by atoms with van der Waals surface area (Å²) in [5, 5.41) is 0. The van der Waals surface area contributed by atoms with E-state index in [1.807, 2.05) is 51.3 Å². The smallest absolute Gasteiger partial charge is 0.243 e. The van der Waals surface area contributed by atoms with Gasteiger partial charge in [-0.05, 0) is 57.9 Å². The molecule has 0 spiro atoms. The topological polar surface area (TPSA) is 84.2 Å². The molecule has 4 rings (SSSR count). The molecule has 0 radical (unpaired) electrons. The highest BCUT2D eigenvalue weighted by Gasteiger charge is 2.29. The lowest BCUT2D eigenvalue weighted by Crippen LogP contribution is -2.49. The molecule has 0 aliphatic carbocycles. The van der Waals surface area contributed by atoms with Gasteiger partial charge in [0, 0.05) is 37.9 Å². The summed E-state index contributed by atoms with van der Waals surface area (Å²) < 4.78 is 29.7. The molecule has 1 aliphatic rings. The summed E-state index contributed by atoms with van der Waals surface area (Å²) in [4.78, 5) is 16.0. The lowest BCUT2D eigenvalue weighted by atomic mass is 10.1. The summed E-state index contributed by atoms with van der Waals surface area (Å²) in [6.45, 7) is 11.7. The van der Waals surface area contributed by atoms with Crippen LogP contribution < -0.4 is 4.90 Å². The van der Waals surface area contributed by atoms with Crippen molar-refractivity contribution in [2.75, 3.05) is 31.1 Å². The maximum atomic E-state index is 13.1. The molecule has 31 heavy (non-hydrogen) atoms. The molecule has 3 heterocycles. The standard InChI is InChI=1S/C22H28N6O2S/c1-15-6-7-20(12-16(15)2)31(29,30)27-10-8-26(9-11-27)21-13-22(25-19(5)24-21)28-14-23-17(3)18(28)4/h6-7,12-14H,8-11H2,1-5H3. The van der Waals surface area contributed by atoms with Gasteiger partial charge in [-0.15, -0.1) is 0 Å². The minimum Gasteiger partial charge on any atom is -0.354 e. The third-order valence-electron chi connectivity index (χ3n) is 5.99. The molecule has 2 aromatic heterocycles. The predicted octanol–water partition coefficient (Wildman–Crippen LogP) is 2.72. The van der Waals surface area contributed by atoms with E-state index in [9.17, 15) is 8.42 Å². The number of benzene rings is 1. The van der Waals surface area contributed by atoms with Crippen LogP contribution in [-0.4, -0.2) is 58.4 Å². The third-order valence-corrected chi connectivity index (χ3v) is 7.88. The summed E-state index contributed by atoms with van der Waals surface area (Å²) >= 11 is 0. The molecule has 0 bridgehead atoms. The predicted molar refractivity (Wildman–Crippen MR) is 120 cm³/mol. The van der Waals surface area contributed by atoms with Crippen LogP contribution in [0.5, 0.6) is 0 Å². The Balaban J connectivity index is 1.54. The van der Waals surface area contributed by atoms with Crippen LogP contribution in [0.15, 0.2) is 35.5 Å². The van der Waals surface area contributed by atoms with Gasteiger partial charge in [0.05, 0.1) is 10.6 Å². The van der Waals surface area contributed by atoms with E-state index in [1.165, 1.54) is 0 Å². The van der Waals surface area contributed by atoms with Gasteiger partial charge in [-0.2, -0.15) is 4.31 Å². The average molecular weight is 441 g/mol. The van der Waals surface area contributed by atoms with Gasteiger partial charge in [0.25, 0.3) is 0 Å². The van der Waals surface area contributed by atoms with Crippen molar-refractivity contribution in [3.05, 3.63) is 58.9 Å². The zero-order valence-electron chi connectivity index (χ0n) is 18.6. The second-order valence-corrected chi connectivity index (χ2v) is 9.99. The highest BCUT2D eigenvalue weighted by molar-refractivity contribution is 7.89. The number of imidazole rings is 1. The Bertz CT molecular complexity index is 1230. The second-order valence-electron chi connectivity index (χ2n) is 8.05. The van der Waals surface area contributed by atoms with E-state index in [0.717, 1.165) is 34.2 Å². The monoisotopic (exact) mass is 440 g/mol. The van der Waals surface area contributed by atoms with Crippen LogP contribution in [0.4, 0.5) is 5.82 Å². The number of nitrogens with zero attached hydrogens (tertiary/aromatic N) is 6. The highest BCUT2D eigenvalue weighted by Crippen LogP contribution is 2.23. The second kappa shape index (κ2) is 8.05. The fourth-order valence-corrected chi connectivity index (χ4v) is 5.24. The summed E-state index contributed by atoms with van der Waals surface area (Å²) in [5.74, 6) is 2.24. The van der Waals surface area contributed by atoms with Gasteiger partial charge in [0.15, 0.2) is 0 Å². The van der Waals surface area contributed by atoms with Gasteiger partial charge in [0.2, 0.25) is 10.0 Å². The van der Waals surface area contributed by atoms with E-state index in [-0.39, 0.29) is 0 Å². The van der Waals surface area contributed by atoms with Crippen molar-refractivity contribution in [2.24, 2.45) is 0 Å². The zero-order chi connectivity index (χ0) is 22.3. The van der Waals surface area contributed by atoms with Crippen molar-refractivity contribution in [2.45, 2.75) is 39.5 Å². The fourth-order valence-electron chi connectivity index (χ4n) is 3.73. The van der Waals surface area contributed by atoms with Crippen LogP contribution >= 0.6 is 0 Å². The SMILES string of the molecule is Cc1nc(N2CCN(S(=O)(=O)c3ccc(C)c(C)c3)CC2)cc(-n2cnc(C)c2C)n1. The number of sulfonamides is 1. The Kier molecular flexibility index (Phi) is 5.57. The van der Waals surface area contributed by atoms with Gasteiger partial charge < -0.3 is 4.90 Å². The highest BCUT2D eigenvalue weighted by atomic mass is 32.2. The molecule has 8 nitrogen and oxygen atoms in total. The largest absolute Gasteiger partial charge is 0.354 e. The first-order valence-electron chi connectivity index (χ1n) is 10.4. The zero-order valence-corrected chi connectivity index (χ0v) is 19.4. The molecule has 1 aromatic carbocycles. The van der Waals surface area contributed by atoms with Gasteiger partial charge in [-0.3, -0.25) is 4.57 Å². The van der Waals surface area contributed by atoms with E-state index in [4.69, 9.17) is 0 Å². The molecular formula is C22H28N6O2S. The van der Waals surface area contributed by atoms with Gasteiger partial charge in [-0.25, -0.2) is 23.4 Å². The first kappa shape index (κ1) is 21.5. The number of anilines is 1. The number of rotatable bonds is 4. The minimum absolute atomic E-state index is 0.357. The third kappa shape index (κ3) is 4.07. The molecule has 0 N–H and O–H groups in total. The molecule has 0 unspecified atom stereocenters. The van der Waals surface area contributed by atoms with Crippen molar-refractivity contribution >= 4 is 15.8 Å². The maximum Gasteiger partial charge on any atom is 0.243 e. The first-order valence-corrected chi connectivity index (χ1v) is 11.8. The quantitative estimate of drug-likeness (QED) is 0.620. The Morgan fingerprint density at radius 1 is 0.839 bits per heavy atom. The van der Waals surface area contributed by atoms with E-state index in [1.54, 1.807) is 22.8 Å². The van der Waals surface area contributed by atoms with Crippen molar-refractivity contribution in [1.29, 1.82) is 0 Å². The molecule has 9 heteroatoms. The number of aromatic nitrogens is 4. The van der Waals surface area contributed by atoms with Gasteiger partial charge in [0.1, 0.15) is 23.8 Å². The Morgan fingerprint density at radius 3 is 2.13 bits per heavy atom. The fraction of sp³-hybridized carbons (Fsp3) is 0.409. The summed E-state index contributed by atoms with van der Waals surface area (Å²) in [6, 6.07) is 7.25. The Hall–Kier alpha value is -2.78. The summed E-state index contributed by atoms with van der Waals surface area (Å²) in [7, 11) is -3.51. The van der Waals surface area contributed by atoms with E-state index in [0.29, 0.717) is 36.9 Å². The summed E-state index contributed by atoms with van der Waals surface area (Å²) in [6.07, 6.45) is 1.77. The molecule has 0 amide bonds. The van der Waals surface area contributed by atoms with Crippen LogP contribution in [0.1, 0.15) is 28.3 Å². The molecular weight excluding hydrogens is 412 g/mol. The average Bonchev–Trinajstić information content (AvgIpc) is 3.08. The van der Waals surface area contributed by atoms with Crippen LogP contribution in [0, 0.1) is 34.6 Å². The minimum atomic E-state index is -3.51. The molecule has 1 fully saturated rings. The Labute approximate surface area is 183 Å². The Morgan fingerprint density at radius 2 is 1.52 bits per heavy atom. The molecule has 0 saturated carbocycles. The lowest BCUT2D eigenvalue weighted by molar-refractivity contribution is 0.383. The van der Waals surface area contributed by atoms with E-state index >= 15 is 0 Å². The van der Waals surface area contributed by atoms with Crippen LogP contribution in [0.25, 0.3) is 5.82 Å². The molecule has 3 aromatic rings. The van der Waals surface area contributed by atoms with Crippen LogP contribution in [0.2, 0.25) is 0 Å². The van der Waals surface area contributed by atoms with Crippen LogP contribution in [-0.2, 0) is 10.0 Å². The number of hydrogen-bond acceptors (Lipinski definition) is 6. The van der Waals surface area contributed by atoms with E-state index < -0.39 is 10.0 Å². The molecule has 0 atom stereocenters. The van der Waals surface area contributed by atoms with Crippen molar-refractivity contribution in [3.8, 4) is 5.82 Å². The molecule has 1 saturated heterocycles. The van der Waals surface area contributed by atoms with Crippen molar-refractivity contribution < 1.29 is 8.42 Å². The summed E-state index contributed by atoms with van der Waals surface area (Å²) in [5.41, 5.74) is 4.06. The van der Waals surface area contributed by atoms with E-state index in [2.05, 4.69) is 19.9 Å². The molecule has 164 valence electrons. The number of aryl methyl sites for hydroxylation is 4.